The summed E-state index contributed by atoms with van der Waals surface area (Å²) in [6.07, 6.45) is 0. The van der Waals surface area contributed by atoms with Crippen LogP contribution in [-0.4, -0.2) is 18.4 Å². The average molecular weight is 272 g/mol. The first kappa shape index (κ1) is 9.08. The molecule has 0 N–H and O–H groups in total. The zero-order valence-electron chi connectivity index (χ0n) is 7.01. The van der Waals surface area contributed by atoms with E-state index in [0.29, 0.717) is 0 Å². The van der Waals surface area contributed by atoms with Crippen molar-refractivity contribution in [2.45, 2.75) is 14.8 Å². The molecule has 1 rings (SSSR count). The first-order valence-electron chi connectivity index (χ1n) is 3.54. The average Bonchev–Trinajstić information content (AvgIpc) is 2.31. The molecule has 0 saturated carbocycles. The molecule has 0 aliphatic rings. The van der Waals surface area contributed by atoms with Crippen molar-refractivity contribution in [3.05, 3.63) is 17.0 Å². The molecule has 3 heteroatoms. The molecule has 1 heterocycles. The normalized spacial score (nSPS) is 11.1. The van der Waals surface area contributed by atoms with Crippen molar-refractivity contribution in [2.24, 2.45) is 0 Å². The van der Waals surface area contributed by atoms with Crippen molar-refractivity contribution in [3.63, 3.8) is 0 Å². The zero-order chi connectivity index (χ0) is 8.48. The summed E-state index contributed by atoms with van der Waals surface area (Å²) < 4.78 is 1.39. The molecule has 0 unspecified atom stereocenters. The Morgan fingerprint density at radius 3 is 2.45 bits per heavy atom. The van der Waals surface area contributed by atoms with E-state index in [2.05, 4.69) is 20.9 Å². The van der Waals surface area contributed by atoms with Gasteiger partial charge in [-0.25, -0.2) is 0 Å². The molecule has 1 aromatic heterocycles. The van der Waals surface area contributed by atoms with Crippen molar-refractivity contribution in [1.82, 2.24) is 0 Å². The molecule has 0 aliphatic carbocycles. The number of nitrogens with zero attached hydrogens (tertiary/aromatic N) is 1. The van der Waals surface area contributed by atoms with Gasteiger partial charge in [-0.3, -0.25) is 0 Å². The van der Waals surface area contributed by atoms with E-state index in [9.17, 15) is 0 Å². The van der Waals surface area contributed by atoms with Crippen LogP contribution in [0.2, 0.25) is 14.8 Å². The molecular weight excluding hydrogens is 261 g/mol. The maximum absolute atomic E-state index is 8.76. The molecule has 1 aromatic rings. The van der Waals surface area contributed by atoms with Crippen LogP contribution < -0.4 is 2.89 Å². The van der Waals surface area contributed by atoms with Crippen LogP contribution in [0, 0.1) is 11.3 Å². The van der Waals surface area contributed by atoms with E-state index in [-0.39, 0.29) is 0 Å². The summed E-state index contributed by atoms with van der Waals surface area (Å²) in [6.45, 7) is 0. The van der Waals surface area contributed by atoms with Crippen LogP contribution in [0.4, 0.5) is 0 Å². The Morgan fingerprint density at radius 2 is 2.09 bits per heavy atom. The van der Waals surface area contributed by atoms with Crippen molar-refractivity contribution in [2.75, 3.05) is 0 Å². The maximum atomic E-state index is 8.76. The van der Waals surface area contributed by atoms with Gasteiger partial charge in [-0.2, -0.15) is 0 Å². The molecule has 1 nitrogen and oxygen atoms in total. The zero-order valence-corrected chi connectivity index (χ0v) is 10.7. The van der Waals surface area contributed by atoms with Gasteiger partial charge in [-0.05, 0) is 0 Å². The van der Waals surface area contributed by atoms with Crippen LogP contribution in [0.1, 0.15) is 5.56 Å². The van der Waals surface area contributed by atoms with Gasteiger partial charge in [0.15, 0.2) is 0 Å². The summed E-state index contributed by atoms with van der Waals surface area (Å²) in [4.78, 5) is 7.00. The molecule has 0 fully saturated rings. The molecule has 58 valence electrons. The van der Waals surface area contributed by atoms with Gasteiger partial charge < -0.3 is 0 Å². The van der Waals surface area contributed by atoms with Crippen molar-refractivity contribution in [3.8, 4) is 6.07 Å². The molecule has 0 atom stereocenters. The van der Waals surface area contributed by atoms with Crippen LogP contribution in [0.3, 0.4) is 0 Å². The van der Waals surface area contributed by atoms with Gasteiger partial charge in [-0.15, -0.1) is 0 Å². The van der Waals surface area contributed by atoms with E-state index >= 15 is 0 Å². The van der Waals surface area contributed by atoms with Crippen molar-refractivity contribution in [1.29, 1.82) is 5.26 Å². The van der Waals surface area contributed by atoms with E-state index in [0.717, 1.165) is 5.56 Å². The Kier molecular flexibility index (Phi) is 2.61. The number of hydrogen-bond donors (Lipinski definition) is 0. The van der Waals surface area contributed by atoms with E-state index in [1.165, 1.54) is 2.89 Å². The summed E-state index contributed by atoms with van der Waals surface area (Å²) in [6, 6.07) is 4.18. The molecule has 0 radical (unpaired) electrons. The second-order valence-electron chi connectivity index (χ2n) is 3.53. The van der Waals surface area contributed by atoms with Gasteiger partial charge >= 0.3 is 75.8 Å². The first-order chi connectivity index (χ1) is 5.05. The number of rotatable bonds is 1. The third-order valence-electron chi connectivity index (χ3n) is 1.47. The summed E-state index contributed by atoms with van der Waals surface area (Å²) in [5.41, 5.74) is 0.915. The Labute approximate surface area is 75.5 Å². The van der Waals surface area contributed by atoms with E-state index < -0.39 is 18.4 Å². The van der Waals surface area contributed by atoms with Crippen LogP contribution in [-0.2, 0) is 0 Å². The number of thiophene rings is 1. The standard InChI is InChI=1S/C5H2NS.3CH3.Sn/c6-3-5-1-2-7-4-5;;;;/h1-2H;3*1H3;. The van der Waals surface area contributed by atoms with Gasteiger partial charge in [0.05, 0.1) is 0 Å². The van der Waals surface area contributed by atoms with Crippen LogP contribution in [0.25, 0.3) is 0 Å². The fourth-order valence-electron chi connectivity index (χ4n) is 0.978. The quantitative estimate of drug-likeness (QED) is 0.719. The predicted molar refractivity (Wildman–Crippen MR) is 52.0 cm³/mol. The minimum absolute atomic E-state index is 0.915. The molecule has 0 aliphatic heterocycles. The van der Waals surface area contributed by atoms with E-state index in [1.807, 2.05) is 11.4 Å². The molecule has 0 aromatic carbocycles. The van der Waals surface area contributed by atoms with Crippen LogP contribution in [0.5, 0.6) is 0 Å². The SMILES string of the molecule is [CH3][Sn]([CH3])([CH3])[c]1sccc1C#N. The minimum atomic E-state index is -1.95. The molecular formula is C8H11NSSn. The molecule has 11 heavy (non-hydrogen) atoms. The summed E-state index contributed by atoms with van der Waals surface area (Å²) in [5.74, 6) is 0. The monoisotopic (exact) mass is 273 g/mol. The molecule has 0 bridgehead atoms. The van der Waals surface area contributed by atoms with E-state index in [4.69, 9.17) is 5.26 Å². The predicted octanol–water partition coefficient (Wildman–Crippen LogP) is 2.16. The van der Waals surface area contributed by atoms with Gasteiger partial charge in [0.1, 0.15) is 0 Å². The van der Waals surface area contributed by atoms with Crippen molar-refractivity contribution >= 4 is 32.6 Å². The first-order valence-corrected chi connectivity index (χ1v) is 14.4. The fraction of sp³-hybridized carbons (Fsp3) is 0.375. The van der Waals surface area contributed by atoms with Crippen molar-refractivity contribution < 1.29 is 0 Å². The molecule has 0 spiro atoms. The summed E-state index contributed by atoms with van der Waals surface area (Å²) in [5, 5.41) is 10.8. The second-order valence-corrected chi connectivity index (χ2v) is 19.7. The van der Waals surface area contributed by atoms with Gasteiger partial charge in [0, 0.05) is 0 Å². The number of nitriles is 1. The third-order valence-corrected chi connectivity index (χ3v) is 12.0. The topological polar surface area (TPSA) is 23.8 Å². The van der Waals surface area contributed by atoms with Gasteiger partial charge in [0.2, 0.25) is 0 Å². The second kappa shape index (κ2) is 3.16. The molecule has 0 amide bonds. The fourth-order valence-corrected chi connectivity index (χ4v) is 8.23. The van der Waals surface area contributed by atoms with Crippen LogP contribution in [0.15, 0.2) is 11.4 Å². The number of hydrogen-bond acceptors (Lipinski definition) is 2. The Balaban J connectivity index is 3.15. The van der Waals surface area contributed by atoms with Crippen LogP contribution >= 0.6 is 11.3 Å². The third kappa shape index (κ3) is 1.97. The summed E-state index contributed by atoms with van der Waals surface area (Å²) in [7, 11) is 0. The summed E-state index contributed by atoms with van der Waals surface area (Å²) >= 11 is -0.196. The molecule has 0 saturated heterocycles. The van der Waals surface area contributed by atoms with Gasteiger partial charge in [-0.1, -0.05) is 0 Å². The Hall–Kier alpha value is -0.0113. The Bertz CT molecular complexity index is 290. The van der Waals surface area contributed by atoms with Gasteiger partial charge in [0.25, 0.3) is 0 Å². The van der Waals surface area contributed by atoms with E-state index in [1.54, 1.807) is 11.3 Å². The Morgan fingerprint density at radius 1 is 1.45 bits per heavy atom.